The normalized spacial score (nSPS) is 22.2. The third-order valence-electron chi connectivity index (χ3n) is 2.88. The van der Waals surface area contributed by atoms with Crippen molar-refractivity contribution in [1.82, 2.24) is 9.62 Å². The Morgan fingerprint density at radius 2 is 1.88 bits per heavy atom. The molecule has 1 fully saturated rings. The van der Waals surface area contributed by atoms with Crippen molar-refractivity contribution < 1.29 is 13.5 Å². The average molecular weight is 250 g/mol. The zero-order valence-electron chi connectivity index (χ0n) is 10.0. The first-order valence-corrected chi connectivity index (χ1v) is 7.34. The monoisotopic (exact) mass is 250 g/mol. The van der Waals surface area contributed by atoms with E-state index < -0.39 is 15.3 Å². The molecule has 1 heterocycles. The van der Waals surface area contributed by atoms with Crippen LogP contribution in [-0.4, -0.2) is 56.0 Å². The van der Waals surface area contributed by atoms with Crippen LogP contribution in [0.4, 0.5) is 0 Å². The molecule has 0 aliphatic carbocycles. The van der Waals surface area contributed by atoms with Gasteiger partial charge in [0.25, 0.3) is 0 Å². The molecule has 5 nitrogen and oxygen atoms in total. The Labute approximate surface area is 97.9 Å². The number of aliphatic hydroxyl groups is 1. The van der Waals surface area contributed by atoms with Crippen LogP contribution in [-0.2, 0) is 10.0 Å². The van der Waals surface area contributed by atoms with Gasteiger partial charge in [0.2, 0.25) is 10.0 Å². The molecule has 1 aliphatic rings. The highest BCUT2D eigenvalue weighted by Gasteiger charge is 2.23. The number of nitrogens with one attached hydrogen (secondary N) is 1. The zero-order chi connectivity index (χ0) is 12.2. The number of sulfonamides is 1. The van der Waals surface area contributed by atoms with E-state index in [0.29, 0.717) is 0 Å². The van der Waals surface area contributed by atoms with Crippen LogP contribution in [0.25, 0.3) is 0 Å². The van der Waals surface area contributed by atoms with Crippen LogP contribution >= 0.6 is 0 Å². The number of hydrogen-bond acceptors (Lipinski definition) is 4. The van der Waals surface area contributed by atoms with Crippen LogP contribution in [0.15, 0.2) is 0 Å². The Morgan fingerprint density at radius 3 is 2.38 bits per heavy atom. The smallest absolute Gasteiger partial charge is 0.216 e. The Balaban J connectivity index is 2.40. The van der Waals surface area contributed by atoms with Crippen molar-refractivity contribution >= 4 is 10.0 Å². The lowest BCUT2D eigenvalue weighted by Crippen LogP contribution is -2.44. The van der Waals surface area contributed by atoms with Crippen LogP contribution < -0.4 is 4.72 Å². The third-order valence-corrected chi connectivity index (χ3v) is 4.82. The van der Waals surface area contributed by atoms with E-state index in [1.807, 2.05) is 6.92 Å². The number of hydrogen-bond donors (Lipinski definition) is 2. The van der Waals surface area contributed by atoms with Gasteiger partial charge >= 0.3 is 0 Å². The standard InChI is InChI=1S/C10H22N2O3S/c1-9(7-12-5-3-4-6-12)11-16(14,15)10(2)8-13/h9-11,13H,3-8H2,1-2H3. The predicted molar refractivity (Wildman–Crippen MR) is 63.7 cm³/mol. The SMILES string of the molecule is CC(CN1CCCC1)NS(=O)(=O)C(C)CO. The van der Waals surface area contributed by atoms with Crippen LogP contribution in [0.1, 0.15) is 26.7 Å². The summed E-state index contributed by atoms with van der Waals surface area (Å²) < 4.78 is 25.9. The summed E-state index contributed by atoms with van der Waals surface area (Å²) in [6, 6.07) is -0.0999. The second-order valence-electron chi connectivity index (χ2n) is 4.56. The van der Waals surface area contributed by atoms with E-state index in [4.69, 9.17) is 5.11 Å². The van der Waals surface area contributed by atoms with E-state index in [1.165, 1.54) is 19.8 Å². The first-order valence-electron chi connectivity index (χ1n) is 5.80. The zero-order valence-corrected chi connectivity index (χ0v) is 10.8. The minimum absolute atomic E-state index is 0.0999. The summed E-state index contributed by atoms with van der Waals surface area (Å²) in [7, 11) is -3.38. The van der Waals surface area contributed by atoms with Gasteiger partial charge in [-0.25, -0.2) is 13.1 Å². The fourth-order valence-electron chi connectivity index (χ4n) is 1.88. The van der Waals surface area contributed by atoms with E-state index in [0.717, 1.165) is 19.6 Å². The summed E-state index contributed by atoms with van der Waals surface area (Å²) >= 11 is 0. The lowest BCUT2D eigenvalue weighted by molar-refractivity contribution is 0.291. The Morgan fingerprint density at radius 1 is 1.31 bits per heavy atom. The van der Waals surface area contributed by atoms with Crippen LogP contribution in [0, 0.1) is 0 Å². The summed E-state index contributed by atoms with van der Waals surface area (Å²) in [5, 5.41) is 8.10. The van der Waals surface area contributed by atoms with Gasteiger partial charge in [0.15, 0.2) is 0 Å². The molecule has 0 amide bonds. The van der Waals surface area contributed by atoms with Crippen LogP contribution in [0.2, 0.25) is 0 Å². The van der Waals surface area contributed by atoms with Gasteiger partial charge in [0.05, 0.1) is 11.9 Å². The second kappa shape index (κ2) is 5.95. The third kappa shape index (κ3) is 4.01. The van der Waals surface area contributed by atoms with E-state index in [2.05, 4.69) is 9.62 Å². The maximum atomic E-state index is 11.7. The fourth-order valence-corrected chi connectivity index (χ4v) is 2.95. The Hall–Kier alpha value is -0.170. The molecule has 0 bridgehead atoms. The molecule has 2 unspecified atom stereocenters. The van der Waals surface area contributed by atoms with Crippen LogP contribution in [0.3, 0.4) is 0 Å². The molecular weight excluding hydrogens is 228 g/mol. The first-order chi connectivity index (χ1) is 7.45. The highest BCUT2D eigenvalue weighted by Crippen LogP contribution is 2.08. The van der Waals surface area contributed by atoms with Gasteiger partial charge in [0, 0.05) is 12.6 Å². The van der Waals surface area contributed by atoms with Crippen molar-refractivity contribution in [2.24, 2.45) is 0 Å². The molecule has 1 aliphatic heterocycles. The number of aliphatic hydroxyl groups excluding tert-OH is 1. The van der Waals surface area contributed by atoms with Crippen molar-refractivity contribution in [3.8, 4) is 0 Å². The molecule has 0 spiro atoms. The minimum Gasteiger partial charge on any atom is -0.395 e. The van der Waals surface area contributed by atoms with Crippen molar-refractivity contribution in [3.05, 3.63) is 0 Å². The minimum atomic E-state index is -3.38. The quantitative estimate of drug-likeness (QED) is 0.683. The lowest BCUT2D eigenvalue weighted by atomic mass is 10.3. The van der Waals surface area contributed by atoms with Gasteiger partial charge in [-0.3, -0.25) is 0 Å². The molecule has 0 aromatic carbocycles. The van der Waals surface area contributed by atoms with E-state index in [-0.39, 0.29) is 12.6 Å². The van der Waals surface area contributed by atoms with Gasteiger partial charge < -0.3 is 10.0 Å². The molecule has 0 aromatic heterocycles. The van der Waals surface area contributed by atoms with Crippen molar-refractivity contribution in [1.29, 1.82) is 0 Å². The van der Waals surface area contributed by atoms with E-state index >= 15 is 0 Å². The largest absolute Gasteiger partial charge is 0.395 e. The van der Waals surface area contributed by atoms with Gasteiger partial charge in [-0.15, -0.1) is 0 Å². The molecule has 2 N–H and O–H groups in total. The maximum Gasteiger partial charge on any atom is 0.216 e. The summed E-state index contributed by atoms with van der Waals surface area (Å²) in [6.45, 7) is 5.89. The molecule has 1 rings (SSSR count). The van der Waals surface area contributed by atoms with E-state index in [1.54, 1.807) is 0 Å². The van der Waals surface area contributed by atoms with E-state index in [9.17, 15) is 8.42 Å². The highest BCUT2D eigenvalue weighted by molar-refractivity contribution is 7.90. The average Bonchev–Trinajstić information content (AvgIpc) is 2.67. The predicted octanol–water partition coefficient (Wildman–Crippen LogP) is -0.229. The highest BCUT2D eigenvalue weighted by atomic mass is 32.2. The van der Waals surface area contributed by atoms with Gasteiger partial charge in [-0.1, -0.05) is 0 Å². The molecule has 0 saturated carbocycles. The molecule has 16 heavy (non-hydrogen) atoms. The number of likely N-dealkylation sites (tertiary alicyclic amines) is 1. The number of nitrogens with zero attached hydrogens (tertiary/aromatic N) is 1. The van der Waals surface area contributed by atoms with Crippen molar-refractivity contribution in [2.75, 3.05) is 26.2 Å². The Kier molecular flexibility index (Phi) is 5.17. The topological polar surface area (TPSA) is 69.6 Å². The first kappa shape index (κ1) is 13.9. The van der Waals surface area contributed by atoms with Crippen LogP contribution in [0.5, 0.6) is 0 Å². The summed E-state index contributed by atoms with van der Waals surface area (Å²) in [5.74, 6) is 0. The molecular formula is C10H22N2O3S. The van der Waals surface area contributed by atoms with Crippen molar-refractivity contribution in [3.63, 3.8) is 0 Å². The molecule has 0 aromatic rings. The Bertz CT molecular complexity index is 299. The molecule has 2 atom stereocenters. The molecule has 0 radical (unpaired) electrons. The second-order valence-corrected chi connectivity index (χ2v) is 6.70. The van der Waals surface area contributed by atoms with Crippen molar-refractivity contribution in [2.45, 2.75) is 38.0 Å². The summed E-state index contributed by atoms with van der Waals surface area (Å²) in [6.07, 6.45) is 2.40. The molecule has 6 heteroatoms. The van der Waals surface area contributed by atoms with Gasteiger partial charge in [0.1, 0.15) is 0 Å². The summed E-state index contributed by atoms with van der Waals surface area (Å²) in [5.41, 5.74) is 0. The maximum absolute atomic E-state index is 11.7. The number of rotatable bonds is 6. The van der Waals surface area contributed by atoms with Gasteiger partial charge in [-0.05, 0) is 39.8 Å². The fraction of sp³-hybridized carbons (Fsp3) is 1.00. The lowest BCUT2D eigenvalue weighted by Gasteiger charge is -2.22. The molecule has 1 saturated heterocycles. The molecule has 96 valence electrons. The summed E-state index contributed by atoms with van der Waals surface area (Å²) in [4.78, 5) is 2.26. The van der Waals surface area contributed by atoms with Gasteiger partial charge in [-0.2, -0.15) is 0 Å².